The number of rotatable bonds is 3. The van der Waals surface area contributed by atoms with Crippen molar-refractivity contribution in [2.24, 2.45) is 0 Å². The molecule has 0 fully saturated rings. The Hall–Kier alpha value is -1.29. The Bertz CT molecular complexity index is 748. The average molecular weight is 578 g/mol. The van der Waals surface area contributed by atoms with Crippen LogP contribution in [0.1, 0.15) is 0 Å². The Kier molecular flexibility index (Phi) is 7.73. The van der Waals surface area contributed by atoms with E-state index < -0.39 is 23.5 Å². The molecule has 3 heterocycles. The van der Waals surface area contributed by atoms with Crippen molar-refractivity contribution in [3.63, 3.8) is 0 Å². The van der Waals surface area contributed by atoms with Crippen LogP contribution < -0.4 is 16.5 Å². The zero-order chi connectivity index (χ0) is 17.8. The van der Waals surface area contributed by atoms with E-state index in [9.17, 15) is 13.2 Å². The van der Waals surface area contributed by atoms with E-state index in [2.05, 4.69) is 0 Å². The van der Waals surface area contributed by atoms with Gasteiger partial charge < -0.3 is 17.8 Å². The molecule has 0 aliphatic rings. The second-order valence-corrected chi connectivity index (χ2v) is 7.45. The smallest absolute Gasteiger partial charge is 0.741 e. The molecule has 6 nitrogen and oxygen atoms in total. The molecule has 3 rings (SSSR count). The molecule has 0 radical (unpaired) electrons. The van der Waals surface area contributed by atoms with Crippen LogP contribution in [-0.4, -0.2) is 18.5 Å². The molecule has 3 aromatic rings. The molecule has 0 aromatic carbocycles. The molecule has 0 unspecified atom stereocenters. The predicted octanol–water partition coefficient (Wildman–Crippen LogP) is 2.27. The summed E-state index contributed by atoms with van der Waals surface area (Å²) in [5.41, 5.74) is -3.02. The van der Waals surface area contributed by atoms with Gasteiger partial charge in [-0.3, -0.25) is 0 Å². The fourth-order valence-electron chi connectivity index (χ4n) is 1.52. The molecular weight excluding hydrogens is 569 g/mol. The third-order valence-electron chi connectivity index (χ3n) is 2.46. The maximum Gasteiger partial charge on any atom is 1.00 e. The average Bonchev–Trinajstić information content (AvgIpc) is 3.22. The minimum atomic E-state index is -6.09. The van der Waals surface area contributed by atoms with Crippen LogP contribution in [0.25, 0.3) is 0 Å². The summed E-state index contributed by atoms with van der Waals surface area (Å²) in [5, 5.41) is 0. The fourth-order valence-corrected chi connectivity index (χ4v) is 3.37. The molecule has 12 heteroatoms. The topological polar surface area (TPSA) is 96.6 Å². The zero-order valence-electron chi connectivity index (χ0n) is 11.9. The van der Waals surface area contributed by atoms with Crippen LogP contribution in [-0.2, 0) is 32.5 Å². The first-order valence-corrected chi connectivity index (χ1v) is 8.88. The van der Waals surface area contributed by atoms with E-state index in [4.69, 9.17) is 26.2 Å². The van der Waals surface area contributed by atoms with Crippen molar-refractivity contribution < 1.29 is 61.8 Å². The number of alkyl halides is 3. The zero-order valence-corrected chi connectivity index (χ0v) is 15.8. The van der Waals surface area contributed by atoms with Gasteiger partial charge >= 0.3 is 27.9 Å². The first-order valence-electron chi connectivity index (χ1n) is 6.13. The minimum absolute atomic E-state index is 0. The van der Waals surface area contributed by atoms with Crippen LogP contribution in [0, 0.1) is 0 Å². The van der Waals surface area contributed by atoms with Crippen LogP contribution >= 0.6 is 7.92 Å². The van der Waals surface area contributed by atoms with Gasteiger partial charge in [-0.2, -0.15) is 13.2 Å². The molecule has 0 N–H and O–H groups in total. The Balaban J connectivity index is 0.000000301. The molecule has 0 saturated carbocycles. The van der Waals surface area contributed by atoms with Gasteiger partial charge in [0.1, 0.15) is 24.4 Å². The molecule has 0 spiro atoms. The number of halogens is 3. The first-order chi connectivity index (χ1) is 11.2. The third kappa shape index (κ3) is 5.88. The molecule has 0 saturated heterocycles. The molecule has 25 heavy (non-hydrogen) atoms. The Labute approximate surface area is 157 Å². The van der Waals surface area contributed by atoms with Crippen molar-refractivity contribution in [1.82, 2.24) is 0 Å². The largest absolute Gasteiger partial charge is 1.00 e. The summed E-state index contributed by atoms with van der Waals surface area (Å²) in [6.07, 6.45) is 4.99. The van der Waals surface area contributed by atoms with E-state index >= 15 is 0 Å². The van der Waals surface area contributed by atoms with Crippen molar-refractivity contribution in [2.45, 2.75) is 5.51 Å². The van der Waals surface area contributed by atoms with Crippen molar-refractivity contribution >= 4 is 34.5 Å². The quantitative estimate of drug-likeness (QED) is 0.205. The SMILES string of the molecule is O=S(=O)([O-])C(F)(F)F.[Au+].c1coc(P(c2ccco2)c2ccco2)c1. The Morgan fingerprint density at radius 3 is 1.28 bits per heavy atom. The molecule has 3 aromatic heterocycles. The van der Waals surface area contributed by atoms with E-state index in [1.165, 1.54) is 0 Å². The number of furan rings is 3. The van der Waals surface area contributed by atoms with E-state index in [-0.39, 0.29) is 22.4 Å². The second-order valence-electron chi connectivity index (χ2n) is 4.09. The van der Waals surface area contributed by atoms with Crippen molar-refractivity contribution in [3.05, 3.63) is 55.2 Å². The number of hydrogen-bond acceptors (Lipinski definition) is 6. The van der Waals surface area contributed by atoms with Gasteiger partial charge in [-0.1, -0.05) is 0 Å². The molecule has 0 aliphatic heterocycles. The maximum atomic E-state index is 10.7. The van der Waals surface area contributed by atoms with E-state index in [0.717, 1.165) is 16.5 Å². The van der Waals surface area contributed by atoms with Crippen LogP contribution in [0.15, 0.2) is 68.4 Å². The van der Waals surface area contributed by atoms with Crippen LogP contribution in [0.4, 0.5) is 13.2 Å². The molecule has 0 aliphatic carbocycles. The Morgan fingerprint density at radius 2 is 1.12 bits per heavy atom. The molecule has 0 amide bonds. The minimum Gasteiger partial charge on any atom is -0.741 e. The van der Waals surface area contributed by atoms with Gasteiger partial charge in [0.25, 0.3) is 0 Å². The maximum absolute atomic E-state index is 10.7. The van der Waals surface area contributed by atoms with Crippen LogP contribution in [0.3, 0.4) is 0 Å². The standard InChI is InChI=1S/C12H9O3P.CHF3O3S.Au/c1-4-10(13-7-1)16(11-5-2-8-14-11)12-6-3-9-15-12;2-1(3,4)8(5,6)7;/h1-9H;(H,5,6,7);/q;;+1/p-1. The number of hydrogen-bond donors (Lipinski definition) is 0. The van der Waals surface area contributed by atoms with E-state index in [0.29, 0.717) is 0 Å². The van der Waals surface area contributed by atoms with Crippen LogP contribution in [0.5, 0.6) is 0 Å². The summed E-state index contributed by atoms with van der Waals surface area (Å²) in [6, 6.07) is 11.4. The van der Waals surface area contributed by atoms with Gasteiger partial charge in [0.05, 0.1) is 18.8 Å². The summed E-state index contributed by atoms with van der Waals surface area (Å²) in [6.45, 7) is 0. The fraction of sp³-hybridized carbons (Fsp3) is 0.0769. The summed E-state index contributed by atoms with van der Waals surface area (Å²) >= 11 is 0. The predicted molar refractivity (Wildman–Crippen MR) is 77.7 cm³/mol. The van der Waals surface area contributed by atoms with E-state index in [1.54, 1.807) is 18.8 Å². The van der Waals surface area contributed by atoms with E-state index in [1.807, 2.05) is 36.4 Å². The van der Waals surface area contributed by atoms with Crippen molar-refractivity contribution in [3.8, 4) is 0 Å². The Morgan fingerprint density at radius 1 is 0.840 bits per heavy atom. The monoisotopic (exact) mass is 578 g/mol. The summed E-state index contributed by atoms with van der Waals surface area (Å²) in [7, 11) is -6.93. The second kappa shape index (κ2) is 8.88. The normalized spacial score (nSPS) is 11.6. The van der Waals surface area contributed by atoms with Crippen LogP contribution in [0.2, 0.25) is 0 Å². The van der Waals surface area contributed by atoms with Gasteiger partial charge in [0.2, 0.25) is 0 Å². The summed E-state index contributed by atoms with van der Waals surface area (Å²) < 4.78 is 75.3. The summed E-state index contributed by atoms with van der Waals surface area (Å²) in [5.74, 6) is 0. The van der Waals surface area contributed by atoms with Gasteiger partial charge in [0.15, 0.2) is 10.1 Å². The van der Waals surface area contributed by atoms with Gasteiger partial charge in [-0.15, -0.1) is 0 Å². The van der Waals surface area contributed by atoms with Gasteiger partial charge in [0, 0.05) is 0 Å². The van der Waals surface area contributed by atoms with Gasteiger partial charge in [-0.05, 0) is 36.4 Å². The van der Waals surface area contributed by atoms with Crippen molar-refractivity contribution in [1.29, 1.82) is 0 Å². The molecule has 0 atom stereocenters. The third-order valence-corrected chi connectivity index (χ3v) is 5.12. The first kappa shape index (κ1) is 21.8. The molecule has 0 bridgehead atoms. The molecule has 140 valence electrons. The van der Waals surface area contributed by atoms with Crippen molar-refractivity contribution in [2.75, 3.05) is 0 Å². The summed E-state index contributed by atoms with van der Waals surface area (Å²) in [4.78, 5) is 0. The van der Waals surface area contributed by atoms with Gasteiger partial charge in [-0.25, -0.2) is 8.42 Å². The molecular formula is C13H9AuF3O6PS.